The molecule has 2 aromatic carbocycles. The van der Waals surface area contributed by atoms with Gasteiger partial charge in [0.1, 0.15) is 18.5 Å². The lowest BCUT2D eigenvalue weighted by Crippen LogP contribution is -2.36. The van der Waals surface area contributed by atoms with E-state index < -0.39 is 36.0 Å². The highest BCUT2D eigenvalue weighted by atomic mass is 19.2. The zero-order chi connectivity index (χ0) is 28.2. The molecule has 2 saturated heterocycles. The summed E-state index contributed by atoms with van der Waals surface area (Å²) < 4.78 is 39.9. The van der Waals surface area contributed by atoms with E-state index in [9.17, 15) is 18.4 Å². The van der Waals surface area contributed by atoms with Crippen LogP contribution in [0.15, 0.2) is 48.5 Å². The Labute approximate surface area is 229 Å². The highest BCUT2D eigenvalue weighted by Crippen LogP contribution is 2.34. The Kier molecular flexibility index (Phi) is 8.12. The van der Waals surface area contributed by atoms with Crippen molar-refractivity contribution in [2.75, 3.05) is 38.1 Å². The number of ether oxygens (including phenoxy) is 2. The second-order valence-electron chi connectivity index (χ2n) is 9.52. The van der Waals surface area contributed by atoms with Crippen LogP contribution in [0.1, 0.15) is 24.2 Å². The minimum Gasteiger partial charge on any atom is -0.472 e. The van der Waals surface area contributed by atoms with Crippen LogP contribution in [0, 0.1) is 24.5 Å². The van der Waals surface area contributed by atoms with Crippen molar-refractivity contribution in [3.05, 3.63) is 71.3 Å². The van der Waals surface area contributed by atoms with Crippen molar-refractivity contribution in [1.82, 2.24) is 25.5 Å². The quantitative estimate of drug-likeness (QED) is 0.368. The molecule has 3 atom stereocenters. The molecule has 0 saturated carbocycles. The van der Waals surface area contributed by atoms with E-state index in [0.717, 1.165) is 12.1 Å². The Morgan fingerprint density at radius 2 is 2.00 bits per heavy atom. The number of carbonyl (C=O) groups is 2. The Morgan fingerprint density at radius 1 is 1.20 bits per heavy atom. The van der Waals surface area contributed by atoms with E-state index in [-0.39, 0.29) is 24.9 Å². The molecule has 3 N–H and O–H groups in total. The van der Waals surface area contributed by atoms with Crippen LogP contribution in [0.4, 0.5) is 24.2 Å². The van der Waals surface area contributed by atoms with E-state index in [1.54, 1.807) is 16.7 Å². The number of cyclic esters (lactones) is 1. The Balaban J connectivity index is 1.29. The lowest BCUT2D eigenvalue weighted by atomic mass is 9.96. The molecule has 0 aliphatic carbocycles. The van der Waals surface area contributed by atoms with E-state index in [4.69, 9.17) is 14.3 Å². The third-order valence-electron chi connectivity index (χ3n) is 6.74. The predicted octanol–water partition coefficient (Wildman–Crippen LogP) is 3.69. The van der Waals surface area contributed by atoms with Gasteiger partial charge in [-0.05, 0) is 36.8 Å². The largest absolute Gasteiger partial charge is 0.472 e. The fraction of sp³-hybridized carbons (Fsp3) is 0.370. The number of benzene rings is 2. The van der Waals surface area contributed by atoms with Gasteiger partial charge in [0, 0.05) is 25.6 Å². The molecule has 212 valence electrons. The molecule has 3 amide bonds. The summed E-state index contributed by atoms with van der Waals surface area (Å²) in [7, 11) is 0. The number of para-hydroxylation sites is 1. The summed E-state index contributed by atoms with van der Waals surface area (Å²) in [6, 6.07) is 12.4. The summed E-state index contributed by atoms with van der Waals surface area (Å²) >= 11 is 0. The highest BCUT2D eigenvalue weighted by Gasteiger charge is 2.35. The average molecular weight is 557 g/mol. The normalized spacial score (nSPS) is 20.7. The third kappa shape index (κ3) is 6.00. The van der Waals surface area contributed by atoms with Crippen molar-refractivity contribution in [1.29, 1.82) is 0 Å². The Bertz CT molecular complexity index is 1370. The summed E-state index contributed by atoms with van der Waals surface area (Å²) in [5, 5.41) is 14.6. The van der Waals surface area contributed by atoms with Gasteiger partial charge < -0.3 is 20.1 Å². The van der Waals surface area contributed by atoms with Gasteiger partial charge in [-0.15, -0.1) is 5.10 Å². The summed E-state index contributed by atoms with van der Waals surface area (Å²) in [5.74, 6) is -1.42. The maximum Gasteiger partial charge on any atom is 0.407 e. The van der Waals surface area contributed by atoms with Crippen LogP contribution < -0.4 is 20.7 Å². The van der Waals surface area contributed by atoms with Crippen LogP contribution in [0.2, 0.25) is 0 Å². The molecule has 1 aromatic heterocycles. The molecule has 11 nitrogen and oxygen atoms in total. The number of halogens is 2. The predicted molar refractivity (Wildman–Crippen MR) is 140 cm³/mol. The minimum atomic E-state index is -0.953. The van der Waals surface area contributed by atoms with Gasteiger partial charge in [0.2, 0.25) is 5.88 Å². The van der Waals surface area contributed by atoms with E-state index in [2.05, 4.69) is 21.0 Å². The van der Waals surface area contributed by atoms with E-state index in [1.807, 2.05) is 37.3 Å². The highest BCUT2D eigenvalue weighted by molar-refractivity contribution is 5.89. The molecular formula is C27H30F2N6O5. The molecule has 0 spiro atoms. The molecule has 5 rings (SSSR count). The molecule has 0 bridgehead atoms. The average Bonchev–Trinajstić information content (AvgIpc) is 3.66. The number of rotatable bonds is 9. The molecule has 13 heteroatoms. The van der Waals surface area contributed by atoms with Crippen LogP contribution >= 0.6 is 0 Å². The van der Waals surface area contributed by atoms with Crippen molar-refractivity contribution in [2.24, 2.45) is 5.92 Å². The summed E-state index contributed by atoms with van der Waals surface area (Å²) in [5.41, 5.74) is 1.77. The lowest BCUT2D eigenvalue weighted by Gasteiger charge is -2.19. The Morgan fingerprint density at radius 3 is 2.70 bits per heavy atom. The molecule has 1 unspecified atom stereocenters. The van der Waals surface area contributed by atoms with Crippen LogP contribution in [0.3, 0.4) is 0 Å². The van der Waals surface area contributed by atoms with Gasteiger partial charge in [0.15, 0.2) is 17.7 Å². The lowest BCUT2D eigenvalue weighted by molar-refractivity contribution is -0.145. The molecule has 3 aromatic rings. The van der Waals surface area contributed by atoms with Crippen LogP contribution in [0.5, 0.6) is 5.88 Å². The first-order valence-electron chi connectivity index (χ1n) is 13.0. The number of alkyl carbamates (subject to hydrolysis) is 1. The number of hydroxylamine groups is 2. The van der Waals surface area contributed by atoms with Gasteiger partial charge in [-0.2, -0.15) is 5.06 Å². The van der Waals surface area contributed by atoms with Crippen LogP contribution in [-0.2, 0) is 9.57 Å². The standard InChI is InChI=1S/C27H30F2N6O5/c1-3-34-14-18(23(40-34)17-9-10-21(28)22(29)11-17)12-30-26(36)32-24-16(2)25(38-15-20-13-31-27(37)39-20)33-35(24)19-7-5-4-6-8-19/h4-11,18,20,23H,3,12-15H2,1-2H3,(H,31,37)(H2,30,32,36)/t18-,20?,23+/m1/s1. The van der Waals surface area contributed by atoms with Crippen LogP contribution in [0.25, 0.3) is 5.69 Å². The fourth-order valence-electron chi connectivity index (χ4n) is 4.63. The van der Waals surface area contributed by atoms with Crippen molar-refractivity contribution in [2.45, 2.75) is 26.1 Å². The molecule has 2 fully saturated rings. The Hall–Kier alpha value is -4.23. The second kappa shape index (κ2) is 11.9. The molecule has 2 aliphatic heterocycles. The van der Waals surface area contributed by atoms with E-state index >= 15 is 0 Å². The number of urea groups is 1. The number of amides is 3. The van der Waals surface area contributed by atoms with Gasteiger partial charge in [-0.25, -0.2) is 23.1 Å². The number of hydrogen-bond donors (Lipinski definition) is 3. The number of nitrogens with zero attached hydrogens (tertiary/aromatic N) is 3. The molecule has 3 heterocycles. The van der Waals surface area contributed by atoms with Crippen molar-refractivity contribution < 1.29 is 32.7 Å². The summed E-state index contributed by atoms with van der Waals surface area (Å²) in [4.78, 5) is 30.3. The van der Waals surface area contributed by atoms with E-state index in [1.165, 1.54) is 6.07 Å². The van der Waals surface area contributed by atoms with Gasteiger partial charge in [-0.1, -0.05) is 31.2 Å². The first-order chi connectivity index (χ1) is 19.3. The van der Waals surface area contributed by atoms with Crippen LogP contribution in [-0.4, -0.2) is 65.9 Å². The van der Waals surface area contributed by atoms with Crippen molar-refractivity contribution in [3.8, 4) is 11.6 Å². The number of nitrogens with one attached hydrogen (secondary N) is 3. The van der Waals surface area contributed by atoms with Crippen molar-refractivity contribution in [3.63, 3.8) is 0 Å². The second-order valence-corrected chi connectivity index (χ2v) is 9.52. The minimum absolute atomic E-state index is 0.0952. The number of anilines is 1. The zero-order valence-electron chi connectivity index (χ0n) is 22.0. The monoisotopic (exact) mass is 556 g/mol. The molecular weight excluding hydrogens is 526 g/mol. The maximum atomic E-state index is 13.9. The topological polar surface area (TPSA) is 119 Å². The number of aromatic nitrogens is 2. The smallest absolute Gasteiger partial charge is 0.407 e. The molecule has 2 aliphatic rings. The fourth-order valence-corrected chi connectivity index (χ4v) is 4.63. The summed E-state index contributed by atoms with van der Waals surface area (Å²) in [6.45, 7) is 5.42. The van der Waals surface area contributed by atoms with Gasteiger partial charge >= 0.3 is 12.1 Å². The SMILES string of the molecule is CCN1C[C@@H](CNC(=O)Nc2c(C)c(OCC3CNC(=O)O3)nn2-c2ccccc2)[C@H](c2ccc(F)c(F)c2)O1. The molecule has 0 radical (unpaired) electrons. The number of hydrogen-bond acceptors (Lipinski definition) is 7. The number of carbonyl (C=O) groups excluding carboxylic acids is 2. The van der Waals surface area contributed by atoms with E-state index in [0.29, 0.717) is 42.3 Å². The maximum absolute atomic E-state index is 13.9. The van der Waals surface area contributed by atoms with Gasteiger partial charge in [0.25, 0.3) is 0 Å². The van der Waals surface area contributed by atoms with Crippen molar-refractivity contribution >= 4 is 17.9 Å². The van der Waals surface area contributed by atoms with Gasteiger partial charge in [-0.3, -0.25) is 10.2 Å². The first-order valence-corrected chi connectivity index (χ1v) is 13.0. The third-order valence-corrected chi connectivity index (χ3v) is 6.74. The summed E-state index contributed by atoms with van der Waals surface area (Å²) in [6.07, 6.45) is -1.50. The molecule has 40 heavy (non-hydrogen) atoms. The first kappa shape index (κ1) is 27.3. The van der Waals surface area contributed by atoms with Gasteiger partial charge in [0.05, 0.1) is 17.8 Å². The zero-order valence-corrected chi connectivity index (χ0v) is 22.0.